The van der Waals surface area contributed by atoms with Crippen LogP contribution >= 0.6 is 0 Å². The Morgan fingerprint density at radius 1 is 1.58 bits per heavy atom. The molecule has 0 saturated heterocycles. The van der Waals surface area contributed by atoms with Gasteiger partial charge in [-0.15, -0.1) is 0 Å². The zero-order valence-corrected chi connectivity index (χ0v) is 7.22. The van der Waals surface area contributed by atoms with E-state index in [4.69, 9.17) is 4.74 Å². The Balaban J connectivity index is 3.12. The van der Waals surface area contributed by atoms with E-state index < -0.39 is 0 Å². The Morgan fingerprint density at radius 3 is 2.67 bits per heavy atom. The van der Waals surface area contributed by atoms with Crippen molar-refractivity contribution >= 4 is 5.78 Å². The highest BCUT2D eigenvalue weighted by molar-refractivity contribution is 6.02. The molecule has 0 aromatic rings. The highest BCUT2D eigenvalue weighted by Crippen LogP contribution is 2.19. The van der Waals surface area contributed by atoms with Gasteiger partial charge in [0.25, 0.3) is 0 Å². The Kier molecular flexibility index (Phi) is 2.61. The number of Topliss-reactive ketones (excluding diaryl/α,β-unsaturated/α-hetero) is 1. The van der Waals surface area contributed by atoms with E-state index in [-0.39, 0.29) is 12.4 Å². The molecule has 0 spiro atoms. The molecule has 0 saturated carbocycles. The molecule has 12 heavy (non-hydrogen) atoms. The second kappa shape index (κ2) is 3.50. The van der Waals surface area contributed by atoms with Crippen LogP contribution in [0.1, 0.15) is 6.92 Å². The smallest absolute Gasteiger partial charge is 0.189 e. The fourth-order valence-corrected chi connectivity index (χ4v) is 1.25. The summed E-state index contributed by atoms with van der Waals surface area (Å²) in [5, 5.41) is 0. The number of ketones is 1. The predicted molar refractivity (Wildman–Crippen MR) is 47.9 cm³/mol. The molecule has 0 aromatic heterocycles. The molecule has 1 heterocycles. The molecule has 1 aliphatic rings. The first-order valence-corrected chi connectivity index (χ1v) is 3.79. The van der Waals surface area contributed by atoms with Crippen LogP contribution < -0.4 is 0 Å². The molecule has 0 radical (unpaired) electrons. The normalized spacial score (nSPS) is 17.9. The molecule has 0 bridgehead atoms. The number of ether oxygens (including phenoxy) is 1. The number of hydrogen-bond donors (Lipinski definition) is 0. The highest BCUT2D eigenvalue weighted by atomic mass is 16.5. The minimum absolute atomic E-state index is 0.00338. The summed E-state index contributed by atoms with van der Waals surface area (Å²) in [6, 6.07) is 0. The molecule has 0 amide bonds. The fourth-order valence-electron chi connectivity index (χ4n) is 1.25. The second-order valence-corrected chi connectivity index (χ2v) is 2.80. The van der Waals surface area contributed by atoms with Crippen LogP contribution in [0.5, 0.6) is 0 Å². The minimum atomic E-state index is 0.00338. The Bertz CT molecular complexity index is 272. The van der Waals surface area contributed by atoms with E-state index in [1.165, 1.54) is 0 Å². The largest absolute Gasteiger partial charge is 0.369 e. The fraction of sp³-hybridized carbons (Fsp3) is 0.300. The van der Waals surface area contributed by atoms with Gasteiger partial charge in [-0.3, -0.25) is 4.79 Å². The average molecular weight is 164 g/mol. The van der Waals surface area contributed by atoms with Gasteiger partial charge in [-0.25, -0.2) is 0 Å². The van der Waals surface area contributed by atoms with Crippen LogP contribution in [0, 0.1) is 0 Å². The zero-order valence-electron chi connectivity index (χ0n) is 7.22. The molecule has 0 aliphatic carbocycles. The Labute approximate surface area is 72.2 Å². The molecule has 1 aliphatic heterocycles. The lowest BCUT2D eigenvalue weighted by Crippen LogP contribution is -2.21. The molecule has 0 atom stereocenters. The number of rotatable bonds is 2. The van der Waals surface area contributed by atoms with Crippen LogP contribution in [-0.2, 0) is 9.53 Å². The third kappa shape index (κ3) is 1.53. The lowest BCUT2D eigenvalue weighted by atomic mass is 9.97. The van der Waals surface area contributed by atoms with Gasteiger partial charge in [-0.2, -0.15) is 0 Å². The first-order valence-electron chi connectivity index (χ1n) is 3.79. The van der Waals surface area contributed by atoms with Crippen LogP contribution in [0.4, 0.5) is 0 Å². The number of carbonyl (C=O) groups excluding carboxylic acids is 1. The molecule has 2 nitrogen and oxygen atoms in total. The highest BCUT2D eigenvalue weighted by Gasteiger charge is 2.19. The lowest BCUT2D eigenvalue weighted by molar-refractivity contribution is -0.120. The van der Waals surface area contributed by atoms with Crippen molar-refractivity contribution < 1.29 is 9.53 Å². The van der Waals surface area contributed by atoms with E-state index in [2.05, 4.69) is 13.2 Å². The minimum Gasteiger partial charge on any atom is -0.369 e. The van der Waals surface area contributed by atoms with Crippen LogP contribution in [0.2, 0.25) is 0 Å². The molecule has 1 rings (SSSR count). The molecular weight excluding hydrogens is 152 g/mol. The summed E-state index contributed by atoms with van der Waals surface area (Å²) in [5.41, 5.74) is 2.33. The lowest BCUT2D eigenvalue weighted by Gasteiger charge is -2.17. The monoisotopic (exact) mass is 164 g/mol. The predicted octanol–water partition coefficient (Wildman–Crippen LogP) is 1.64. The number of hydrogen-bond acceptors (Lipinski definition) is 2. The van der Waals surface area contributed by atoms with E-state index in [9.17, 15) is 4.79 Å². The van der Waals surface area contributed by atoms with Crippen molar-refractivity contribution in [2.24, 2.45) is 0 Å². The van der Waals surface area contributed by atoms with Crippen LogP contribution in [0.25, 0.3) is 0 Å². The standard InChI is InChI=1S/C10H12O2/c1-4-8-5-12-6-9(11)10(8)7(2)3/h4H,1-2,5-6H2,3H3. The Morgan fingerprint density at radius 2 is 2.25 bits per heavy atom. The van der Waals surface area contributed by atoms with Crippen molar-refractivity contribution in [1.29, 1.82) is 0 Å². The van der Waals surface area contributed by atoms with Gasteiger partial charge in [0, 0.05) is 5.57 Å². The maximum absolute atomic E-state index is 11.3. The maximum atomic E-state index is 11.3. The van der Waals surface area contributed by atoms with E-state index >= 15 is 0 Å². The summed E-state index contributed by atoms with van der Waals surface area (Å²) < 4.78 is 5.05. The van der Waals surface area contributed by atoms with E-state index in [1.54, 1.807) is 6.08 Å². The summed E-state index contributed by atoms with van der Waals surface area (Å²) in [7, 11) is 0. The molecule has 2 heteroatoms. The summed E-state index contributed by atoms with van der Waals surface area (Å²) in [6.45, 7) is 9.82. The van der Waals surface area contributed by atoms with Gasteiger partial charge in [0.2, 0.25) is 0 Å². The van der Waals surface area contributed by atoms with Gasteiger partial charge in [0.15, 0.2) is 5.78 Å². The quantitative estimate of drug-likeness (QED) is 0.620. The summed E-state index contributed by atoms with van der Waals surface area (Å²) in [6.07, 6.45) is 1.65. The van der Waals surface area contributed by atoms with Gasteiger partial charge >= 0.3 is 0 Å². The maximum Gasteiger partial charge on any atom is 0.189 e. The summed E-state index contributed by atoms with van der Waals surface area (Å²) in [4.78, 5) is 11.3. The van der Waals surface area contributed by atoms with Crippen LogP contribution in [0.3, 0.4) is 0 Å². The van der Waals surface area contributed by atoms with E-state index in [0.717, 1.165) is 11.1 Å². The van der Waals surface area contributed by atoms with Crippen molar-refractivity contribution in [3.63, 3.8) is 0 Å². The van der Waals surface area contributed by atoms with E-state index in [0.29, 0.717) is 12.2 Å². The molecule has 64 valence electrons. The van der Waals surface area contributed by atoms with Gasteiger partial charge in [0.05, 0.1) is 6.61 Å². The van der Waals surface area contributed by atoms with Crippen molar-refractivity contribution in [1.82, 2.24) is 0 Å². The van der Waals surface area contributed by atoms with Gasteiger partial charge in [-0.1, -0.05) is 19.2 Å². The first-order chi connectivity index (χ1) is 5.66. The Hall–Kier alpha value is -1.15. The third-order valence-electron chi connectivity index (χ3n) is 1.76. The van der Waals surface area contributed by atoms with Gasteiger partial charge in [0.1, 0.15) is 6.61 Å². The summed E-state index contributed by atoms with van der Waals surface area (Å²) >= 11 is 0. The summed E-state index contributed by atoms with van der Waals surface area (Å²) in [5.74, 6) is 0.00338. The molecular formula is C10H12O2. The van der Waals surface area contributed by atoms with Crippen LogP contribution in [0.15, 0.2) is 36.0 Å². The number of carbonyl (C=O) groups is 1. The van der Waals surface area contributed by atoms with Crippen molar-refractivity contribution in [2.45, 2.75) is 6.92 Å². The molecule has 0 aromatic carbocycles. The zero-order chi connectivity index (χ0) is 9.14. The third-order valence-corrected chi connectivity index (χ3v) is 1.76. The first kappa shape index (κ1) is 8.94. The van der Waals surface area contributed by atoms with E-state index in [1.807, 2.05) is 6.92 Å². The van der Waals surface area contributed by atoms with Gasteiger partial charge < -0.3 is 4.74 Å². The molecule has 0 N–H and O–H groups in total. The second-order valence-electron chi connectivity index (χ2n) is 2.80. The average Bonchev–Trinajstić information content (AvgIpc) is 2.03. The van der Waals surface area contributed by atoms with Gasteiger partial charge in [-0.05, 0) is 18.1 Å². The van der Waals surface area contributed by atoms with Crippen molar-refractivity contribution in [3.8, 4) is 0 Å². The topological polar surface area (TPSA) is 26.3 Å². The molecule has 0 fully saturated rings. The van der Waals surface area contributed by atoms with Crippen molar-refractivity contribution in [2.75, 3.05) is 13.2 Å². The SMILES string of the molecule is C=CC1=C(C(=C)C)C(=O)COC1. The molecule has 0 unspecified atom stereocenters. The van der Waals surface area contributed by atoms with Crippen molar-refractivity contribution in [3.05, 3.63) is 36.0 Å². The van der Waals surface area contributed by atoms with Crippen LogP contribution in [-0.4, -0.2) is 19.0 Å². The number of allylic oxidation sites excluding steroid dienone is 1.